The Morgan fingerprint density at radius 3 is 2.39 bits per heavy atom. The summed E-state index contributed by atoms with van der Waals surface area (Å²) < 4.78 is 0. The summed E-state index contributed by atoms with van der Waals surface area (Å²) in [7, 11) is 0. The van der Waals surface area contributed by atoms with Crippen molar-refractivity contribution in [3.8, 4) is 11.3 Å². The Morgan fingerprint density at radius 1 is 1.00 bits per heavy atom. The van der Waals surface area contributed by atoms with Crippen LogP contribution >= 0.6 is 24.8 Å². The number of carbonyl (C=O) groups is 1. The van der Waals surface area contributed by atoms with E-state index < -0.39 is 0 Å². The molecular weight excluding hydrogens is 395 g/mol. The van der Waals surface area contributed by atoms with E-state index in [1.165, 1.54) is 0 Å². The topological polar surface area (TPSA) is 58.1 Å². The van der Waals surface area contributed by atoms with Gasteiger partial charge in [0.15, 0.2) is 0 Å². The molecule has 2 atom stereocenters. The average Bonchev–Trinajstić information content (AvgIpc) is 3.29. The molecule has 2 aliphatic heterocycles. The van der Waals surface area contributed by atoms with Gasteiger partial charge in [0.25, 0.3) is 5.91 Å². The highest BCUT2D eigenvalue weighted by atomic mass is 35.5. The van der Waals surface area contributed by atoms with E-state index in [0.29, 0.717) is 11.8 Å². The van der Waals surface area contributed by atoms with Crippen molar-refractivity contribution in [1.82, 2.24) is 20.2 Å². The van der Waals surface area contributed by atoms with Crippen molar-refractivity contribution < 1.29 is 4.79 Å². The molecule has 0 aliphatic carbocycles. The Bertz CT molecular complexity index is 971. The highest BCUT2D eigenvalue weighted by Gasteiger charge is 2.38. The van der Waals surface area contributed by atoms with Crippen LogP contribution in [0.15, 0.2) is 54.9 Å². The van der Waals surface area contributed by atoms with Gasteiger partial charge in [-0.1, -0.05) is 18.2 Å². The van der Waals surface area contributed by atoms with Crippen molar-refractivity contribution in [3.05, 3.63) is 60.4 Å². The third kappa shape index (κ3) is 3.58. The zero-order chi connectivity index (χ0) is 17.5. The van der Waals surface area contributed by atoms with Crippen molar-refractivity contribution >= 4 is 41.6 Å². The molecule has 5 nitrogen and oxygen atoms in total. The van der Waals surface area contributed by atoms with Crippen molar-refractivity contribution in [2.24, 2.45) is 11.8 Å². The van der Waals surface area contributed by atoms with Crippen LogP contribution in [-0.4, -0.2) is 47.0 Å². The van der Waals surface area contributed by atoms with Crippen LogP contribution < -0.4 is 5.32 Å². The third-order valence-electron chi connectivity index (χ3n) is 5.60. The summed E-state index contributed by atoms with van der Waals surface area (Å²) >= 11 is 0. The molecule has 1 amide bonds. The van der Waals surface area contributed by atoms with Gasteiger partial charge in [-0.3, -0.25) is 9.78 Å². The minimum Gasteiger partial charge on any atom is -0.338 e. The number of nitrogens with zero attached hydrogens (tertiary/aromatic N) is 3. The zero-order valence-corrected chi connectivity index (χ0v) is 16.9. The summed E-state index contributed by atoms with van der Waals surface area (Å²) in [5.74, 6) is 1.30. The standard InChI is InChI=1S/C21H20N4O.2ClH/c26-21(25-12-15-10-23-11-16(15)13-25)18-9-20(14-5-7-22-8-6-14)24-19-4-2-1-3-17(18)19;;/h1-9,15-16,23H,10-13H2;2*1H/t15-,16+;;. The smallest absolute Gasteiger partial charge is 0.254 e. The summed E-state index contributed by atoms with van der Waals surface area (Å²) in [5.41, 5.74) is 3.39. The molecule has 28 heavy (non-hydrogen) atoms. The lowest BCUT2D eigenvalue weighted by molar-refractivity contribution is 0.0783. The van der Waals surface area contributed by atoms with Gasteiger partial charge in [0.2, 0.25) is 0 Å². The van der Waals surface area contributed by atoms with Gasteiger partial charge in [0.1, 0.15) is 0 Å². The predicted octanol–water partition coefficient (Wildman–Crippen LogP) is 3.43. The lowest BCUT2D eigenvalue weighted by Gasteiger charge is -2.19. The molecule has 2 fully saturated rings. The number of hydrogen-bond acceptors (Lipinski definition) is 4. The van der Waals surface area contributed by atoms with Crippen molar-refractivity contribution in [1.29, 1.82) is 0 Å². The maximum atomic E-state index is 13.3. The van der Waals surface area contributed by atoms with Crippen molar-refractivity contribution in [2.75, 3.05) is 26.2 Å². The van der Waals surface area contributed by atoms with Crippen LogP contribution in [0.25, 0.3) is 22.2 Å². The van der Waals surface area contributed by atoms with Gasteiger partial charge in [-0.25, -0.2) is 4.98 Å². The third-order valence-corrected chi connectivity index (χ3v) is 5.60. The van der Waals surface area contributed by atoms with Crippen LogP contribution in [0.1, 0.15) is 10.4 Å². The number of pyridine rings is 2. The lowest BCUT2D eigenvalue weighted by Crippen LogP contribution is -2.32. The summed E-state index contributed by atoms with van der Waals surface area (Å²) in [6, 6.07) is 13.7. The zero-order valence-electron chi connectivity index (χ0n) is 15.2. The fraction of sp³-hybridized carbons (Fsp3) is 0.286. The number of amides is 1. The molecule has 0 saturated carbocycles. The normalized spacial score (nSPS) is 20.4. The molecule has 2 aliphatic rings. The Balaban J connectivity index is 0.00000112. The molecule has 1 aromatic carbocycles. The summed E-state index contributed by atoms with van der Waals surface area (Å²) in [6.07, 6.45) is 3.50. The van der Waals surface area contributed by atoms with E-state index >= 15 is 0 Å². The Kier molecular flexibility index (Phi) is 6.18. The number of carbonyl (C=O) groups excluding carboxylic acids is 1. The first-order valence-electron chi connectivity index (χ1n) is 9.10. The molecule has 1 N–H and O–H groups in total. The summed E-state index contributed by atoms with van der Waals surface area (Å²) in [4.78, 5) is 24.2. The highest BCUT2D eigenvalue weighted by molar-refractivity contribution is 6.07. The summed E-state index contributed by atoms with van der Waals surface area (Å²) in [6.45, 7) is 3.73. The Hall–Kier alpha value is -2.21. The van der Waals surface area contributed by atoms with Crippen LogP contribution in [0.2, 0.25) is 0 Å². The van der Waals surface area contributed by atoms with E-state index in [1.807, 2.05) is 47.4 Å². The largest absolute Gasteiger partial charge is 0.338 e. The number of hydrogen-bond donors (Lipinski definition) is 1. The quantitative estimate of drug-likeness (QED) is 0.694. The lowest BCUT2D eigenvalue weighted by atomic mass is 10.0. The molecule has 2 aromatic heterocycles. The second-order valence-electron chi connectivity index (χ2n) is 7.20. The number of rotatable bonds is 2. The number of aromatic nitrogens is 2. The van der Waals surface area contributed by atoms with Gasteiger partial charge in [0, 0.05) is 49.5 Å². The number of para-hydroxylation sites is 1. The van der Waals surface area contributed by atoms with Gasteiger partial charge in [0.05, 0.1) is 16.8 Å². The molecule has 146 valence electrons. The maximum Gasteiger partial charge on any atom is 0.254 e. The molecule has 0 spiro atoms. The average molecular weight is 417 g/mol. The van der Waals surface area contributed by atoms with Gasteiger partial charge < -0.3 is 10.2 Å². The molecule has 4 heterocycles. The van der Waals surface area contributed by atoms with Crippen LogP contribution in [-0.2, 0) is 0 Å². The van der Waals surface area contributed by atoms with E-state index in [2.05, 4.69) is 10.3 Å². The Morgan fingerprint density at radius 2 is 1.68 bits per heavy atom. The van der Waals surface area contributed by atoms with Crippen LogP contribution in [0.3, 0.4) is 0 Å². The maximum absolute atomic E-state index is 13.3. The van der Waals surface area contributed by atoms with E-state index in [0.717, 1.165) is 53.9 Å². The number of halogens is 2. The molecule has 7 heteroatoms. The van der Waals surface area contributed by atoms with Gasteiger partial charge in [-0.15, -0.1) is 24.8 Å². The van der Waals surface area contributed by atoms with Crippen molar-refractivity contribution in [3.63, 3.8) is 0 Å². The molecule has 3 aromatic rings. The monoisotopic (exact) mass is 416 g/mol. The number of benzene rings is 1. The molecule has 5 rings (SSSR count). The van der Waals surface area contributed by atoms with E-state index in [4.69, 9.17) is 4.98 Å². The van der Waals surface area contributed by atoms with E-state index in [-0.39, 0.29) is 30.7 Å². The number of fused-ring (bicyclic) bond motifs is 2. The van der Waals surface area contributed by atoms with Crippen molar-refractivity contribution in [2.45, 2.75) is 0 Å². The Labute approximate surface area is 176 Å². The predicted molar refractivity (Wildman–Crippen MR) is 115 cm³/mol. The van der Waals surface area contributed by atoms with Gasteiger partial charge in [-0.05, 0) is 36.1 Å². The number of likely N-dealkylation sites (tertiary alicyclic amines) is 1. The highest BCUT2D eigenvalue weighted by Crippen LogP contribution is 2.30. The molecule has 0 radical (unpaired) electrons. The minimum atomic E-state index is 0. The fourth-order valence-corrected chi connectivity index (χ4v) is 4.21. The van der Waals surface area contributed by atoms with Crippen LogP contribution in [0.4, 0.5) is 0 Å². The fourth-order valence-electron chi connectivity index (χ4n) is 4.21. The van der Waals surface area contributed by atoms with Crippen LogP contribution in [0, 0.1) is 11.8 Å². The second-order valence-corrected chi connectivity index (χ2v) is 7.20. The van der Waals surface area contributed by atoms with E-state index in [9.17, 15) is 4.79 Å². The molecule has 0 bridgehead atoms. The minimum absolute atomic E-state index is 0. The molecule has 0 unspecified atom stereocenters. The second kappa shape index (κ2) is 8.43. The van der Waals surface area contributed by atoms with Crippen LogP contribution in [0.5, 0.6) is 0 Å². The molecular formula is C21H22Cl2N4O. The molecule has 2 saturated heterocycles. The van der Waals surface area contributed by atoms with E-state index in [1.54, 1.807) is 12.4 Å². The SMILES string of the molecule is Cl.Cl.O=C(c1cc(-c2ccncc2)nc2ccccc12)N1C[C@H]2CNC[C@H]2C1. The first-order valence-corrected chi connectivity index (χ1v) is 9.10. The summed E-state index contributed by atoms with van der Waals surface area (Å²) in [5, 5.41) is 4.35. The first kappa shape index (κ1) is 20.5. The van der Waals surface area contributed by atoms with Gasteiger partial charge >= 0.3 is 0 Å². The number of nitrogens with one attached hydrogen (secondary N) is 1. The van der Waals surface area contributed by atoms with Gasteiger partial charge in [-0.2, -0.15) is 0 Å². The first-order chi connectivity index (χ1) is 12.8.